The van der Waals surface area contributed by atoms with E-state index in [1.165, 1.54) is 25.7 Å². The molecule has 0 spiro atoms. The quantitative estimate of drug-likeness (QED) is 0.809. The third kappa shape index (κ3) is 5.04. The van der Waals surface area contributed by atoms with Crippen LogP contribution in [0, 0.1) is 17.2 Å². The number of nitrogens with one attached hydrogen (secondary N) is 1. The molecule has 0 aromatic heterocycles. The Hall–Kier alpha value is -1.57. The fourth-order valence-electron chi connectivity index (χ4n) is 2.82. The van der Waals surface area contributed by atoms with Gasteiger partial charge in [-0.15, -0.1) is 0 Å². The lowest BCUT2D eigenvalue weighted by Crippen LogP contribution is -2.39. The van der Waals surface area contributed by atoms with Crippen LogP contribution in [-0.2, 0) is 0 Å². The maximum absolute atomic E-state index is 9.96. The summed E-state index contributed by atoms with van der Waals surface area (Å²) in [6, 6.07) is 9.44. The molecule has 4 nitrogen and oxygen atoms in total. The second-order valence-electron chi connectivity index (χ2n) is 5.84. The van der Waals surface area contributed by atoms with Crippen molar-refractivity contribution >= 4 is 0 Å². The van der Waals surface area contributed by atoms with Crippen LogP contribution >= 0.6 is 0 Å². The summed E-state index contributed by atoms with van der Waals surface area (Å²) in [7, 11) is 0. The van der Waals surface area contributed by atoms with Gasteiger partial charge in [0.15, 0.2) is 0 Å². The maximum Gasteiger partial charge on any atom is 0.119 e. The van der Waals surface area contributed by atoms with Gasteiger partial charge in [-0.3, -0.25) is 0 Å². The molecule has 2 unspecified atom stereocenters. The molecule has 0 amide bonds. The SMILES string of the molecule is CC(NCC(O)COc1ccc(C#N)cc1)C1CCCC1. The Balaban J connectivity index is 1.66. The molecule has 0 saturated heterocycles. The molecule has 2 rings (SSSR count). The van der Waals surface area contributed by atoms with Gasteiger partial charge in [0.25, 0.3) is 0 Å². The van der Waals surface area contributed by atoms with Crippen LogP contribution < -0.4 is 10.1 Å². The fraction of sp³-hybridized carbons (Fsp3) is 0.588. The first kappa shape index (κ1) is 15.8. The summed E-state index contributed by atoms with van der Waals surface area (Å²) in [5, 5.41) is 22.1. The van der Waals surface area contributed by atoms with Crippen LogP contribution in [0.15, 0.2) is 24.3 Å². The molecule has 1 aromatic rings. The van der Waals surface area contributed by atoms with E-state index in [-0.39, 0.29) is 6.61 Å². The van der Waals surface area contributed by atoms with E-state index in [9.17, 15) is 5.11 Å². The van der Waals surface area contributed by atoms with Gasteiger partial charge in [0.1, 0.15) is 18.5 Å². The number of nitrogens with zero attached hydrogens (tertiary/aromatic N) is 1. The molecule has 1 aromatic carbocycles. The highest BCUT2D eigenvalue weighted by molar-refractivity contribution is 5.34. The van der Waals surface area contributed by atoms with Gasteiger partial charge >= 0.3 is 0 Å². The van der Waals surface area contributed by atoms with Crippen LogP contribution in [-0.4, -0.2) is 30.4 Å². The van der Waals surface area contributed by atoms with Crippen molar-refractivity contribution in [2.75, 3.05) is 13.2 Å². The van der Waals surface area contributed by atoms with E-state index in [1.807, 2.05) is 0 Å². The van der Waals surface area contributed by atoms with Gasteiger partial charge in [-0.05, 0) is 49.9 Å². The first-order valence-electron chi connectivity index (χ1n) is 7.73. The van der Waals surface area contributed by atoms with Crippen molar-refractivity contribution in [1.29, 1.82) is 5.26 Å². The van der Waals surface area contributed by atoms with E-state index in [0.29, 0.717) is 23.9 Å². The molecule has 21 heavy (non-hydrogen) atoms. The third-order valence-electron chi connectivity index (χ3n) is 4.21. The molecule has 0 radical (unpaired) electrons. The molecule has 0 bridgehead atoms. The van der Waals surface area contributed by atoms with Gasteiger partial charge in [-0.1, -0.05) is 12.8 Å². The fourth-order valence-corrected chi connectivity index (χ4v) is 2.82. The summed E-state index contributed by atoms with van der Waals surface area (Å²) in [6.07, 6.45) is 4.74. The molecule has 0 aliphatic heterocycles. The highest BCUT2D eigenvalue weighted by Crippen LogP contribution is 2.27. The van der Waals surface area contributed by atoms with E-state index in [0.717, 1.165) is 5.92 Å². The van der Waals surface area contributed by atoms with E-state index < -0.39 is 6.10 Å². The maximum atomic E-state index is 9.96. The van der Waals surface area contributed by atoms with Gasteiger partial charge in [0, 0.05) is 12.6 Å². The molecule has 1 aliphatic rings. The van der Waals surface area contributed by atoms with Gasteiger partial charge in [-0.2, -0.15) is 5.26 Å². The Bertz CT molecular complexity index is 461. The van der Waals surface area contributed by atoms with Crippen molar-refractivity contribution in [1.82, 2.24) is 5.32 Å². The molecule has 4 heteroatoms. The minimum atomic E-state index is -0.524. The Morgan fingerprint density at radius 2 is 2.00 bits per heavy atom. The molecule has 1 fully saturated rings. The van der Waals surface area contributed by atoms with Crippen LogP contribution in [0.3, 0.4) is 0 Å². The van der Waals surface area contributed by atoms with Crippen LogP contribution in [0.1, 0.15) is 38.2 Å². The standard InChI is InChI=1S/C17H24N2O2/c1-13(15-4-2-3-5-15)19-11-16(20)12-21-17-8-6-14(10-18)7-9-17/h6-9,13,15-16,19-20H,2-5,11-12H2,1H3. The number of benzene rings is 1. The van der Waals surface area contributed by atoms with E-state index in [4.69, 9.17) is 10.00 Å². The molecule has 2 N–H and O–H groups in total. The first-order valence-corrected chi connectivity index (χ1v) is 7.73. The Morgan fingerprint density at radius 3 is 2.62 bits per heavy atom. The number of nitriles is 1. The molecule has 114 valence electrons. The van der Waals surface area contributed by atoms with E-state index in [2.05, 4.69) is 18.3 Å². The topological polar surface area (TPSA) is 65.3 Å². The molecule has 1 aliphatic carbocycles. The van der Waals surface area contributed by atoms with Crippen molar-refractivity contribution in [3.05, 3.63) is 29.8 Å². The van der Waals surface area contributed by atoms with E-state index in [1.54, 1.807) is 24.3 Å². The zero-order chi connectivity index (χ0) is 15.1. The van der Waals surface area contributed by atoms with Crippen molar-refractivity contribution in [2.45, 2.75) is 44.8 Å². The molecular weight excluding hydrogens is 264 g/mol. The van der Waals surface area contributed by atoms with Crippen molar-refractivity contribution in [2.24, 2.45) is 5.92 Å². The largest absolute Gasteiger partial charge is 0.491 e. The van der Waals surface area contributed by atoms with Crippen molar-refractivity contribution in [3.63, 3.8) is 0 Å². The molecule has 2 atom stereocenters. The summed E-state index contributed by atoms with van der Waals surface area (Å²) in [6.45, 7) is 3.01. The van der Waals surface area contributed by atoms with Crippen LogP contribution in [0.5, 0.6) is 5.75 Å². The average molecular weight is 288 g/mol. The first-order chi connectivity index (χ1) is 10.2. The highest BCUT2D eigenvalue weighted by Gasteiger charge is 2.21. The summed E-state index contributed by atoms with van der Waals surface area (Å²) >= 11 is 0. The van der Waals surface area contributed by atoms with Gasteiger partial charge in [0.2, 0.25) is 0 Å². The predicted octanol–water partition coefficient (Wildman–Crippen LogP) is 2.47. The lowest BCUT2D eigenvalue weighted by atomic mass is 10.00. The zero-order valence-corrected chi connectivity index (χ0v) is 12.6. The molecule has 1 saturated carbocycles. The van der Waals surface area contributed by atoms with Gasteiger partial charge in [-0.25, -0.2) is 0 Å². The number of aliphatic hydroxyl groups excluding tert-OH is 1. The third-order valence-corrected chi connectivity index (χ3v) is 4.21. The Kier molecular flexibility index (Phi) is 6.04. The normalized spacial score (nSPS) is 18.1. The number of hydrogen-bond donors (Lipinski definition) is 2. The van der Waals surface area contributed by atoms with Crippen molar-refractivity contribution in [3.8, 4) is 11.8 Å². The average Bonchev–Trinajstić information content (AvgIpc) is 3.05. The lowest BCUT2D eigenvalue weighted by Gasteiger charge is -2.22. The van der Waals surface area contributed by atoms with E-state index >= 15 is 0 Å². The highest BCUT2D eigenvalue weighted by atomic mass is 16.5. The number of rotatable bonds is 7. The van der Waals surface area contributed by atoms with Crippen LogP contribution in [0.2, 0.25) is 0 Å². The second-order valence-corrected chi connectivity index (χ2v) is 5.84. The van der Waals surface area contributed by atoms with Crippen LogP contribution in [0.25, 0.3) is 0 Å². The molecule has 0 heterocycles. The number of hydrogen-bond acceptors (Lipinski definition) is 4. The summed E-state index contributed by atoms with van der Waals surface area (Å²) in [4.78, 5) is 0. The minimum absolute atomic E-state index is 0.260. The predicted molar refractivity (Wildman–Crippen MR) is 82.1 cm³/mol. The monoisotopic (exact) mass is 288 g/mol. The molecular formula is C17H24N2O2. The zero-order valence-electron chi connectivity index (χ0n) is 12.6. The van der Waals surface area contributed by atoms with Gasteiger partial charge in [0.05, 0.1) is 11.6 Å². The lowest BCUT2D eigenvalue weighted by molar-refractivity contribution is 0.102. The summed E-state index contributed by atoms with van der Waals surface area (Å²) < 4.78 is 5.53. The number of ether oxygens (including phenoxy) is 1. The Morgan fingerprint density at radius 1 is 1.33 bits per heavy atom. The number of aliphatic hydroxyl groups is 1. The van der Waals surface area contributed by atoms with Gasteiger partial charge < -0.3 is 15.2 Å². The van der Waals surface area contributed by atoms with Crippen molar-refractivity contribution < 1.29 is 9.84 Å². The smallest absolute Gasteiger partial charge is 0.119 e. The second kappa shape index (κ2) is 8.02. The minimum Gasteiger partial charge on any atom is -0.491 e. The summed E-state index contributed by atoms with van der Waals surface area (Å²) in [5.74, 6) is 1.42. The Labute approximate surface area is 126 Å². The van der Waals surface area contributed by atoms with Crippen LogP contribution in [0.4, 0.5) is 0 Å². The summed E-state index contributed by atoms with van der Waals surface area (Å²) in [5.41, 5.74) is 0.606.